The predicted molar refractivity (Wildman–Crippen MR) is 72.1 cm³/mol. The molecule has 0 amide bonds. The fourth-order valence-corrected chi connectivity index (χ4v) is 3.16. The van der Waals surface area contributed by atoms with Crippen LogP contribution in [0, 0.1) is 6.92 Å². The molecule has 0 saturated carbocycles. The summed E-state index contributed by atoms with van der Waals surface area (Å²) in [5, 5.41) is 0. The van der Waals surface area contributed by atoms with E-state index in [-0.39, 0.29) is 0 Å². The van der Waals surface area contributed by atoms with Crippen LogP contribution in [-0.2, 0) is 6.42 Å². The highest BCUT2D eigenvalue weighted by molar-refractivity contribution is 7.09. The lowest BCUT2D eigenvalue weighted by atomic mass is 10.1. The highest BCUT2D eigenvalue weighted by Crippen LogP contribution is 2.18. The van der Waals surface area contributed by atoms with E-state index < -0.39 is 0 Å². The van der Waals surface area contributed by atoms with Gasteiger partial charge in [0.2, 0.25) is 0 Å². The predicted octanol–water partition coefficient (Wildman–Crippen LogP) is 3.70. The largest absolute Gasteiger partial charge is 0.318 e. The van der Waals surface area contributed by atoms with Crippen LogP contribution in [-0.4, -0.2) is 11.6 Å². The van der Waals surface area contributed by atoms with Crippen molar-refractivity contribution in [3.05, 3.63) is 15.4 Å². The average Bonchev–Trinajstić information content (AvgIpc) is 2.56. The monoisotopic (exact) mass is 240 g/mol. The van der Waals surface area contributed by atoms with Crippen molar-refractivity contribution >= 4 is 11.3 Å². The quantitative estimate of drug-likeness (QED) is 0.698. The molecule has 0 saturated heterocycles. The molecule has 0 aliphatic carbocycles. The Bertz CT molecular complexity index is 385. The smallest absolute Gasteiger partial charge is 0.185 e. The van der Waals surface area contributed by atoms with Gasteiger partial charge in [0, 0.05) is 23.7 Å². The lowest BCUT2D eigenvalue weighted by Gasteiger charge is -2.13. The van der Waals surface area contributed by atoms with Gasteiger partial charge in [-0.25, -0.2) is 0 Å². The second-order valence-electron chi connectivity index (χ2n) is 4.53. The Morgan fingerprint density at radius 1 is 1.31 bits per heavy atom. The number of hydrogen-bond donors (Lipinski definition) is 0. The maximum absolute atomic E-state index is 4.38. The zero-order valence-electron chi connectivity index (χ0n) is 11.2. The van der Waals surface area contributed by atoms with E-state index in [1.165, 1.54) is 41.1 Å². The molecule has 0 aliphatic heterocycles. The Hall–Kier alpha value is -0.570. The second kappa shape index (κ2) is 6.24. The maximum Gasteiger partial charge on any atom is 0.185 e. The van der Waals surface area contributed by atoms with Gasteiger partial charge < -0.3 is 4.57 Å². The van der Waals surface area contributed by atoms with E-state index >= 15 is 0 Å². The fraction of sp³-hybridized carbons (Fsp3) is 0.769. The molecule has 1 rings (SSSR count). The molecular formula is C13H24N2S. The third kappa shape index (κ3) is 2.97. The molecule has 1 heterocycles. The van der Waals surface area contributed by atoms with E-state index in [9.17, 15) is 0 Å². The zero-order valence-corrected chi connectivity index (χ0v) is 12.0. The zero-order chi connectivity index (χ0) is 12.1. The van der Waals surface area contributed by atoms with Crippen molar-refractivity contribution < 1.29 is 0 Å². The van der Waals surface area contributed by atoms with Crippen LogP contribution < -0.4 is 4.80 Å². The molecule has 0 aromatic carbocycles. The van der Waals surface area contributed by atoms with Crippen LogP contribution in [0.15, 0.2) is 4.99 Å². The molecule has 0 bridgehead atoms. The van der Waals surface area contributed by atoms with Crippen LogP contribution in [0.2, 0.25) is 0 Å². The number of rotatable bonds is 5. The summed E-state index contributed by atoms with van der Waals surface area (Å²) in [5.41, 5.74) is 1.49. The summed E-state index contributed by atoms with van der Waals surface area (Å²) in [6, 6.07) is 0.514. The van der Waals surface area contributed by atoms with E-state index in [4.69, 9.17) is 0 Å². The molecule has 0 N–H and O–H groups in total. The molecular weight excluding hydrogens is 216 g/mol. The lowest BCUT2D eigenvalue weighted by Crippen LogP contribution is -2.19. The molecule has 16 heavy (non-hydrogen) atoms. The van der Waals surface area contributed by atoms with E-state index in [1.54, 1.807) is 0 Å². The molecule has 0 spiro atoms. The Kier molecular flexibility index (Phi) is 5.26. The van der Waals surface area contributed by atoms with Gasteiger partial charge in [-0.05, 0) is 33.6 Å². The number of aromatic nitrogens is 1. The minimum absolute atomic E-state index is 0.514. The first-order valence-electron chi connectivity index (χ1n) is 6.25. The summed E-state index contributed by atoms with van der Waals surface area (Å²) in [4.78, 5) is 6.98. The van der Waals surface area contributed by atoms with Gasteiger partial charge in [0.25, 0.3) is 0 Å². The molecule has 0 atom stereocenters. The van der Waals surface area contributed by atoms with E-state index in [2.05, 4.69) is 37.3 Å². The molecule has 92 valence electrons. The van der Waals surface area contributed by atoms with Crippen molar-refractivity contribution in [2.75, 3.05) is 7.05 Å². The average molecular weight is 240 g/mol. The molecule has 1 aromatic rings. The van der Waals surface area contributed by atoms with Gasteiger partial charge in [-0.15, -0.1) is 11.3 Å². The number of aryl methyl sites for hydroxylation is 1. The van der Waals surface area contributed by atoms with E-state index in [1.807, 2.05) is 18.4 Å². The number of hydrogen-bond acceptors (Lipinski definition) is 2. The minimum Gasteiger partial charge on any atom is -0.318 e. The van der Waals surface area contributed by atoms with Crippen LogP contribution in [0.1, 0.15) is 56.6 Å². The number of unbranched alkanes of at least 4 members (excludes halogenated alkanes) is 2. The molecule has 0 aliphatic rings. The standard InChI is InChI=1S/C13H24N2S/c1-6-7-8-9-12-11(4)16-13(14-5)15(12)10(2)3/h10H,6-9H2,1-5H3. The van der Waals surface area contributed by atoms with Crippen molar-refractivity contribution in [1.82, 2.24) is 4.57 Å². The Morgan fingerprint density at radius 3 is 2.50 bits per heavy atom. The van der Waals surface area contributed by atoms with Crippen LogP contribution >= 0.6 is 11.3 Å². The van der Waals surface area contributed by atoms with E-state index in [0.717, 1.165) is 0 Å². The summed E-state index contributed by atoms with van der Waals surface area (Å²) >= 11 is 1.82. The van der Waals surface area contributed by atoms with Crippen LogP contribution in [0.5, 0.6) is 0 Å². The van der Waals surface area contributed by atoms with Gasteiger partial charge in [-0.3, -0.25) is 4.99 Å². The van der Waals surface area contributed by atoms with Gasteiger partial charge in [0.05, 0.1) is 0 Å². The maximum atomic E-state index is 4.38. The first-order chi connectivity index (χ1) is 7.61. The summed E-state index contributed by atoms with van der Waals surface area (Å²) in [5.74, 6) is 0. The van der Waals surface area contributed by atoms with Crippen molar-refractivity contribution in [1.29, 1.82) is 0 Å². The van der Waals surface area contributed by atoms with Gasteiger partial charge in [-0.1, -0.05) is 19.8 Å². The number of thiazole rings is 1. The summed E-state index contributed by atoms with van der Waals surface area (Å²) in [6.07, 6.45) is 5.11. The lowest BCUT2D eigenvalue weighted by molar-refractivity contribution is 0.544. The molecule has 0 fully saturated rings. The topological polar surface area (TPSA) is 17.3 Å². The van der Waals surface area contributed by atoms with E-state index in [0.29, 0.717) is 6.04 Å². The third-order valence-electron chi connectivity index (χ3n) is 2.87. The summed E-state index contributed by atoms with van der Waals surface area (Å²) in [7, 11) is 1.89. The summed E-state index contributed by atoms with van der Waals surface area (Å²) in [6.45, 7) is 8.96. The Labute approximate surface area is 103 Å². The van der Waals surface area contributed by atoms with Gasteiger partial charge in [0.1, 0.15) is 0 Å². The van der Waals surface area contributed by atoms with Crippen molar-refractivity contribution in [3.63, 3.8) is 0 Å². The van der Waals surface area contributed by atoms with Crippen molar-refractivity contribution in [2.45, 2.75) is 59.4 Å². The first-order valence-corrected chi connectivity index (χ1v) is 7.07. The summed E-state index contributed by atoms with van der Waals surface area (Å²) < 4.78 is 2.40. The molecule has 3 heteroatoms. The second-order valence-corrected chi connectivity index (χ2v) is 5.71. The SMILES string of the molecule is CCCCCc1c(C)sc(=NC)n1C(C)C. The first kappa shape index (κ1) is 13.5. The molecule has 0 unspecified atom stereocenters. The van der Waals surface area contributed by atoms with Crippen molar-refractivity contribution in [2.24, 2.45) is 4.99 Å². The minimum atomic E-state index is 0.514. The normalized spacial score (nSPS) is 12.8. The molecule has 1 aromatic heterocycles. The molecule has 0 radical (unpaired) electrons. The Morgan fingerprint density at radius 2 is 2.00 bits per heavy atom. The van der Waals surface area contributed by atoms with Gasteiger partial charge in [-0.2, -0.15) is 0 Å². The van der Waals surface area contributed by atoms with Crippen molar-refractivity contribution in [3.8, 4) is 0 Å². The van der Waals surface area contributed by atoms with Gasteiger partial charge in [0.15, 0.2) is 4.80 Å². The number of nitrogens with zero attached hydrogens (tertiary/aromatic N) is 2. The highest BCUT2D eigenvalue weighted by atomic mass is 32.1. The molecule has 2 nitrogen and oxygen atoms in total. The Balaban J connectivity index is 3.01. The fourth-order valence-electron chi connectivity index (χ4n) is 2.05. The van der Waals surface area contributed by atoms with Crippen LogP contribution in [0.4, 0.5) is 0 Å². The third-order valence-corrected chi connectivity index (χ3v) is 3.98. The van der Waals surface area contributed by atoms with Gasteiger partial charge >= 0.3 is 0 Å². The van der Waals surface area contributed by atoms with Crippen LogP contribution in [0.25, 0.3) is 0 Å². The highest BCUT2D eigenvalue weighted by Gasteiger charge is 2.11. The van der Waals surface area contributed by atoms with Crippen LogP contribution in [0.3, 0.4) is 0 Å².